The van der Waals surface area contributed by atoms with Crippen molar-refractivity contribution in [1.29, 1.82) is 0 Å². The van der Waals surface area contributed by atoms with Crippen molar-refractivity contribution < 1.29 is 0 Å². The van der Waals surface area contributed by atoms with Crippen LogP contribution in [0.4, 0.5) is 0 Å². The lowest BCUT2D eigenvalue weighted by Gasteiger charge is -2.21. The van der Waals surface area contributed by atoms with Gasteiger partial charge in [-0.2, -0.15) is 0 Å². The predicted octanol–water partition coefficient (Wildman–Crippen LogP) is 13.1. The summed E-state index contributed by atoms with van der Waals surface area (Å²) in [6, 6.07) is 0. The molecule has 0 saturated heterocycles. The fraction of sp³-hybridized carbons (Fsp3) is 0.949. The van der Waals surface area contributed by atoms with Crippen molar-refractivity contribution in [3.05, 3.63) is 11.9 Å². The molecule has 0 saturated carbocycles. The van der Waals surface area contributed by atoms with Crippen LogP contribution >= 0.6 is 0 Å². The molecule has 0 bridgehead atoms. The Balaban J connectivity index is 1.93. The average Bonchev–Trinajstić information content (AvgIpc) is 3.53. The molecule has 0 atom stereocenters. The minimum absolute atomic E-state index is 0.952. The zero-order chi connectivity index (χ0) is 30.7. The molecule has 1 N–H and O–H groups in total. The molecule has 4 nitrogen and oxygen atoms in total. The third-order valence-corrected chi connectivity index (χ3v) is 9.51. The van der Waals surface area contributed by atoms with E-state index >= 15 is 0 Å². The second kappa shape index (κ2) is 34.0. The van der Waals surface area contributed by atoms with Gasteiger partial charge in [-0.3, -0.25) is 10.00 Å². The molecule has 254 valence electrons. The number of nitrogens with one attached hydrogen (secondary N) is 1. The van der Waals surface area contributed by atoms with Gasteiger partial charge in [-0.1, -0.05) is 212 Å². The topological polar surface area (TPSA) is 44.8 Å². The summed E-state index contributed by atoms with van der Waals surface area (Å²) in [5.74, 6) is 0. The fourth-order valence-corrected chi connectivity index (χ4v) is 6.57. The van der Waals surface area contributed by atoms with E-state index in [0.717, 1.165) is 12.2 Å². The molecular formula is C39H78N4. The third kappa shape index (κ3) is 29.6. The number of rotatable bonds is 36. The van der Waals surface area contributed by atoms with Gasteiger partial charge in [0.05, 0.1) is 5.69 Å². The van der Waals surface area contributed by atoms with E-state index in [9.17, 15) is 0 Å². The highest BCUT2D eigenvalue weighted by Crippen LogP contribution is 2.16. The second-order valence-corrected chi connectivity index (χ2v) is 13.8. The first-order chi connectivity index (χ1) is 21.4. The van der Waals surface area contributed by atoms with Crippen molar-refractivity contribution >= 4 is 0 Å². The minimum atomic E-state index is 0.952. The van der Waals surface area contributed by atoms with Crippen LogP contribution in [-0.2, 0) is 6.54 Å². The second-order valence-electron chi connectivity index (χ2n) is 13.8. The number of H-pyrrole nitrogens is 1. The van der Waals surface area contributed by atoms with Crippen molar-refractivity contribution in [1.82, 2.24) is 20.3 Å². The molecular weight excluding hydrogens is 524 g/mol. The summed E-state index contributed by atoms with van der Waals surface area (Å²) in [7, 11) is 0. The van der Waals surface area contributed by atoms with Crippen molar-refractivity contribution in [2.24, 2.45) is 0 Å². The van der Waals surface area contributed by atoms with Gasteiger partial charge in [0, 0.05) is 12.7 Å². The summed E-state index contributed by atoms with van der Waals surface area (Å²) in [6.45, 7) is 7.99. The van der Waals surface area contributed by atoms with Crippen molar-refractivity contribution in [3.8, 4) is 0 Å². The van der Waals surface area contributed by atoms with Gasteiger partial charge in [-0.15, -0.1) is 5.10 Å². The molecule has 43 heavy (non-hydrogen) atoms. The Morgan fingerprint density at radius 1 is 0.419 bits per heavy atom. The van der Waals surface area contributed by atoms with Crippen LogP contribution in [0.1, 0.15) is 225 Å². The van der Waals surface area contributed by atoms with Crippen LogP contribution in [-0.4, -0.2) is 33.4 Å². The highest BCUT2D eigenvalue weighted by atomic mass is 15.3. The highest BCUT2D eigenvalue weighted by molar-refractivity contribution is 4.90. The molecule has 1 aromatic heterocycles. The lowest BCUT2D eigenvalue weighted by Crippen LogP contribution is -2.26. The lowest BCUT2D eigenvalue weighted by atomic mass is 10.0. The standard InChI is InChI=1S/C39H78N4/c1-3-5-7-9-11-13-15-17-19-21-23-25-27-29-31-33-35-43(38-39-37-40-42-41-39)36-34-32-30-28-26-24-22-20-18-16-14-12-10-8-6-4-2/h37H,3-36,38H2,1-2H3,(H,40,41,42). The van der Waals surface area contributed by atoms with Gasteiger partial charge in [-0.25, -0.2) is 0 Å². The van der Waals surface area contributed by atoms with E-state index in [4.69, 9.17) is 0 Å². The Hall–Kier alpha value is -0.900. The molecule has 0 amide bonds. The van der Waals surface area contributed by atoms with Gasteiger partial charge >= 0.3 is 0 Å². The Morgan fingerprint density at radius 2 is 0.698 bits per heavy atom. The normalized spacial score (nSPS) is 11.7. The first-order valence-corrected chi connectivity index (χ1v) is 19.9. The van der Waals surface area contributed by atoms with E-state index in [2.05, 4.69) is 34.2 Å². The van der Waals surface area contributed by atoms with Crippen molar-refractivity contribution in [2.45, 2.75) is 226 Å². The molecule has 0 spiro atoms. The molecule has 0 aromatic carbocycles. The zero-order valence-corrected chi connectivity index (χ0v) is 29.7. The largest absolute Gasteiger partial charge is 0.297 e. The quantitative estimate of drug-likeness (QED) is 0.0777. The van der Waals surface area contributed by atoms with Crippen LogP contribution in [0, 0.1) is 0 Å². The summed E-state index contributed by atoms with van der Waals surface area (Å²) in [6.07, 6.45) is 47.9. The van der Waals surface area contributed by atoms with Gasteiger partial charge in [0.1, 0.15) is 0 Å². The van der Waals surface area contributed by atoms with E-state index in [0.29, 0.717) is 0 Å². The minimum Gasteiger partial charge on any atom is -0.297 e. The Morgan fingerprint density at radius 3 is 0.953 bits per heavy atom. The fourth-order valence-electron chi connectivity index (χ4n) is 6.57. The first-order valence-electron chi connectivity index (χ1n) is 19.9. The molecule has 0 aliphatic carbocycles. The summed E-state index contributed by atoms with van der Waals surface area (Å²) >= 11 is 0. The van der Waals surface area contributed by atoms with E-state index in [-0.39, 0.29) is 0 Å². The maximum absolute atomic E-state index is 4.26. The lowest BCUT2D eigenvalue weighted by molar-refractivity contribution is 0.249. The number of aromatic nitrogens is 3. The molecule has 1 rings (SSSR count). The van der Waals surface area contributed by atoms with E-state index < -0.39 is 0 Å². The molecule has 0 unspecified atom stereocenters. The molecule has 1 heterocycles. The Labute approximate surface area is 270 Å². The number of unbranched alkanes of at least 4 members (excludes halogenated alkanes) is 30. The molecule has 0 fully saturated rings. The summed E-state index contributed by atoms with van der Waals surface area (Å²) in [5.41, 5.74) is 1.09. The van der Waals surface area contributed by atoms with E-state index in [1.807, 2.05) is 6.20 Å². The number of aromatic amines is 1. The Kier molecular flexibility index (Phi) is 31.7. The van der Waals surface area contributed by atoms with Crippen LogP contribution in [0.25, 0.3) is 0 Å². The Bertz CT molecular complexity index is 581. The van der Waals surface area contributed by atoms with Crippen LogP contribution in [0.15, 0.2) is 6.20 Å². The van der Waals surface area contributed by atoms with Crippen molar-refractivity contribution in [2.75, 3.05) is 13.1 Å². The smallest absolute Gasteiger partial charge is 0.0964 e. The third-order valence-electron chi connectivity index (χ3n) is 9.51. The number of nitrogens with zero attached hydrogens (tertiary/aromatic N) is 3. The van der Waals surface area contributed by atoms with E-state index in [1.165, 1.54) is 219 Å². The summed E-state index contributed by atoms with van der Waals surface area (Å²) < 4.78 is 0. The predicted molar refractivity (Wildman–Crippen MR) is 191 cm³/mol. The average molecular weight is 603 g/mol. The molecule has 0 aliphatic heterocycles. The first kappa shape index (κ1) is 40.1. The van der Waals surface area contributed by atoms with Crippen LogP contribution in [0.3, 0.4) is 0 Å². The maximum atomic E-state index is 4.26. The molecule has 0 radical (unpaired) electrons. The molecule has 1 aromatic rings. The van der Waals surface area contributed by atoms with Gasteiger partial charge in [-0.05, 0) is 25.9 Å². The summed E-state index contributed by atoms with van der Waals surface area (Å²) in [5, 5.41) is 11.1. The van der Waals surface area contributed by atoms with Gasteiger partial charge in [0.25, 0.3) is 0 Å². The zero-order valence-electron chi connectivity index (χ0n) is 29.7. The monoisotopic (exact) mass is 603 g/mol. The van der Waals surface area contributed by atoms with Crippen LogP contribution < -0.4 is 0 Å². The highest BCUT2D eigenvalue weighted by Gasteiger charge is 2.08. The van der Waals surface area contributed by atoms with E-state index in [1.54, 1.807) is 0 Å². The van der Waals surface area contributed by atoms with Gasteiger partial charge in [0.15, 0.2) is 0 Å². The van der Waals surface area contributed by atoms with Crippen molar-refractivity contribution in [3.63, 3.8) is 0 Å². The number of hydrogen-bond donors (Lipinski definition) is 1. The van der Waals surface area contributed by atoms with Gasteiger partial charge < -0.3 is 0 Å². The molecule has 0 aliphatic rings. The number of hydrogen-bond acceptors (Lipinski definition) is 3. The summed E-state index contributed by atoms with van der Waals surface area (Å²) in [4.78, 5) is 2.63. The van der Waals surface area contributed by atoms with Crippen LogP contribution in [0.5, 0.6) is 0 Å². The van der Waals surface area contributed by atoms with Crippen LogP contribution in [0.2, 0.25) is 0 Å². The van der Waals surface area contributed by atoms with Gasteiger partial charge in [0.2, 0.25) is 0 Å². The SMILES string of the molecule is CCCCCCCCCCCCCCCCCCN(CCCCCCCCCCCCCCCCCC)Cc1c[nH]nn1. The maximum Gasteiger partial charge on any atom is 0.0964 e. The molecule has 4 heteroatoms.